The number of halogens is 1. The first-order valence-electron chi connectivity index (χ1n) is 10.6. The van der Waals surface area contributed by atoms with Gasteiger partial charge in [0, 0.05) is 5.33 Å². The Morgan fingerprint density at radius 3 is 1.26 bits per heavy atom. The maximum Gasteiger partial charge on any atom is 0.0784 e. The Morgan fingerprint density at radius 2 is 0.870 bits per heavy atom. The fraction of sp³-hybridized carbons (Fsp3) is 1.00. The average Bonchev–Trinajstić information content (AvgIpc) is 2.54. The molecule has 0 amide bonds. The van der Waals surface area contributed by atoms with Crippen molar-refractivity contribution in [3.05, 3.63) is 0 Å². The van der Waals surface area contributed by atoms with Crippen LogP contribution in [0.25, 0.3) is 0 Å². The van der Waals surface area contributed by atoms with E-state index in [1.165, 1.54) is 119 Å². The normalized spacial score (nSPS) is 12.0. The van der Waals surface area contributed by atoms with Gasteiger partial charge in [-0.2, -0.15) is 0 Å². The van der Waals surface area contributed by atoms with Crippen LogP contribution in [0.2, 0.25) is 0 Å². The van der Waals surface area contributed by atoms with E-state index in [0.29, 0.717) is 0 Å². The molecular weight excluding hydrogens is 346 g/mol. The van der Waals surface area contributed by atoms with Crippen molar-refractivity contribution in [3.63, 3.8) is 0 Å². The van der Waals surface area contributed by atoms with Crippen molar-refractivity contribution >= 4 is 15.9 Å². The van der Waals surface area contributed by atoms with Gasteiger partial charge in [-0.05, 0) is 38.5 Å². The molecule has 0 atom stereocenters. The molecule has 0 aromatic heterocycles. The van der Waals surface area contributed by atoms with Crippen LogP contribution in [0.4, 0.5) is 0 Å². The summed E-state index contributed by atoms with van der Waals surface area (Å²) in [5, 5.41) is 1.17. The van der Waals surface area contributed by atoms with Gasteiger partial charge in [0.1, 0.15) is 0 Å². The zero-order valence-corrected chi connectivity index (χ0v) is 18.1. The van der Waals surface area contributed by atoms with Gasteiger partial charge in [0.05, 0.1) is 26.7 Å². The molecule has 0 aromatic carbocycles. The lowest BCUT2D eigenvalue weighted by Crippen LogP contribution is -2.46. The molecule has 0 N–H and O–H groups in total. The second-order valence-electron chi connectivity index (χ2n) is 7.72. The summed E-state index contributed by atoms with van der Waals surface area (Å²) >= 11 is 3.59. The second-order valence-corrected chi connectivity index (χ2v) is 8.51. The number of hydrogen-bond donors (Lipinski definition) is 0. The highest BCUT2D eigenvalue weighted by molar-refractivity contribution is 9.09. The molecule has 0 rings (SSSR count). The van der Waals surface area contributed by atoms with Crippen LogP contribution >= 0.6 is 15.9 Å². The standard InChI is InChI=1S/C21H45BrN/c1-4-6-8-10-12-15-19-23(3,21-17-14-18-22)20-16-13-11-9-7-5-2/h4-21H2,1-3H3/q+1. The van der Waals surface area contributed by atoms with E-state index in [0.717, 1.165) is 0 Å². The Bertz CT molecular complexity index is 214. The first-order valence-corrected chi connectivity index (χ1v) is 11.7. The lowest BCUT2D eigenvalue weighted by Gasteiger charge is -2.35. The fourth-order valence-electron chi connectivity index (χ4n) is 3.47. The SMILES string of the molecule is CCCCCCCC[N+](C)(CCCCBr)CCCCCCCC. The van der Waals surface area contributed by atoms with E-state index < -0.39 is 0 Å². The highest BCUT2D eigenvalue weighted by atomic mass is 79.9. The first kappa shape index (κ1) is 23.4. The van der Waals surface area contributed by atoms with E-state index in [-0.39, 0.29) is 0 Å². The van der Waals surface area contributed by atoms with E-state index in [4.69, 9.17) is 0 Å². The number of nitrogens with zero attached hydrogens (tertiary/aromatic N) is 1. The summed E-state index contributed by atoms with van der Waals surface area (Å²) in [7, 11) is 2.52. The van der Waals surface area contributed by atoms with Crippen molar-refractivity contribution in [3.8, 4) is 0 Å². The predicted molar refractivity (Wildman–Crippen MR) is 111 cm³/mol. The largest absolute Gasteiger partial charge is 0.326 e. The van der Waals surface area contributed by atoms with Crippen LogP contribution in [-0.2, 0) is 0 Å². The van der Waals surface area contributed by atoms with Crippen molar-refractivity contribution < 1.29 is 4.48 Å². The number of alkyl halides is 1. The molecule has 0 aromatic rings. The van der Waals surface area contributed by atoms with Gasteiger partial charge in [0.15, 0.2) is 0 Å². The van der Waals surface area contributed by atoms with E-state index in [2.05, 4.69) is 36.8 Å². The topological polar surface area (TPSA) is 0 Å². The highest BCUT2D eigenvalue weighted by Crippen LogP contribution is 2.15. The molecule has 0 saturated carbocycles. The van der Waals surface area contributed by atoms with Crippen LogP contribution in [0.15, 0.2) is 0 Å². The van der Waals surface area contributed by atoms with Crippen molar-refractivity contribution in [2.75, 3.05) is 32.0 Å². The minimum atomic E-state index is 1.17. The maximum atomic E-state index is 3.59. The molecule has 2 heteroatoms. The van der Waals surface area contributed by atoms with Gasteiger partial charge in [-0.1, -0.05) is 81.1 Å². The van der Waals surface area contributed by atoms with Crippen molar-refractivity contribution in [1.82, 2.24) is 0 Å². The van der Waals surface area contributed by atoms with Gasteiger partial charge < -0.3 is 4.48 Å². The minimum Gasteiger partial charge on any atom is -0.326 e. The molecule has 1 nitrogen and oxygen atoms in total. The van der Waals surface area contributed by atoms with E-state index >= 15 is 0 Å². The summed E-state index contributed by atoms with van der Waals surface area (Å²) in [5.74, 6) is 0. The molecule has 0 spiro atoms. The minimum absolute atomic E-state index is 1.17. The molecule has 0 radical (unpaired) electrons. The molecule has 0 unspecified atom stereocenters. The predicted octanol–water partition coefficient (Wildman–Crippen LogP) is 7.33. The molecule has 140 valence electrons. The molecule has 0 heterocycles. The molecule has 0 fully saturated rings. The Kier molecular flexibility index (Phi) is 17.6. The quantitative estimate of drug-likeness (QED) is 0.130. The maximum absolute atomic E-state index is 3.59. The van der Waals surface area contributed by atoms with Gasteiger partial charge in [0.25, 0.3) is 0 Å². The van der Waals surface area contributed by atoms with Crippen LogP contribution in [0.1, 0.15) is 104 Å². The molecule has 0 aliphatic rings. The molecular formula is C21H45BrN+. The van der Waals surface area contributed by atoms with Gasteiger partial charge in [-0.25, -0.2) is 0 Å². The summed E-state index contributed by atoms with van der Waals surface area (Å²) in [6, 6.07) is 0. The van der Waals surface area contributed by atoms with Gasteiger partial charge >= 0.3 is 0 Å². The number of quaternary nitrogens is 1. The Hall–Kier alpha value is 0.440. The highest BCUT2D eigenvalue weighted by Gasteiger charge is 2.19. The summed E-state index contributed by atoms with van der Waals surface area (Å²) in [6.45, 7) is 8.80. The molecule has 0 aliphatic carbocycles. The van der Waals surface area contributed by atoms with Crippen LogP contribution < -0.4 is 0 Å². The Morgan fingerprint density at radius 1 is 0.522 bits per heavy atom. The van der Waals surface area contributed by atoms with E-state index in [1.54, 1.807) is 0 Å². The van der Waals surface area contributed by atoms with E-state index in [9.17, 15) is 0 Å². The second kappa shape index (κ2) is 17.3. The third-order valence-electron chi connectivity index (χ3n) is 5.18. The fourth-order valence-corrected chi connectivity index (χ4v) is 3.87. The van der Waals surface area contributed by atoms with Crippen LogP contribution in [0, 0.1) is 0 Å². The Balaban J connectivity index is 3.93. The monoisotopic (exact) mass is 390 g/mol. The zero-order valence-electron chi connectivity index (χ0n) is 16.6. The van der Waals surface area contributed by atoms with Crippen LogP contribution in [0.5, 0.6) is 0 Å². The lowest BCUT2D eigenvalue weighted by atomic mass is 10.1. The lowest BCUT2D eigenvalue weighted by molar-refractivity contribution is -0.910. The summed E-state index contributed by atoms with van der Waals surface area (Å²) < 4.78 is 1.33. The molecule has 0 aliphatic heterocycles. The summed E-state index contributed by atoms with van der Waals surface area (Å²) in [6.07, 6.45) is 19.8. The zero-order chi connectivity index (χ0) is 17.2. The van der Waals surface area contributed by atoms with Gasteiger partial charge in [0.2, 0.25) is 0 Å². The number of unbranched alkanes of at least 4 members (excludes halogenated alkanes) is 11. The third kappa shape index (κ3) is 15.7. The number of hydrogen-bond acceptors (Lipinski definition) is 0. The summed E-state index contributed by atoms with van der Waals surface area (Å²) in [5.41, 5.74) is 0. The van der Waals surface area contributed by atoms with Crippen LogP contribution in [0.3, 0.4) is 0 Å². The van der Waals surface area contributed by atoms with Gasteiger partial charge in [-0.3, -0.25) is 0 Å². The number of rotatable bonds is 18. The van der Waals surface area contributed by atoms with E-state index in [1.807, 2.05) is 0 Å². The average molecular weight is 392 g/mol. The van der Waals surface area contributed by atoms with Crippen molar-refractivity contribution in [2.24, 2.45) is 0 Å². The smallest absolute Gasteiger partial charge is 0.0784 e. The van der Waals surface area contributed by atoms with Crippen molar-refractivity contribution in [1.29, 1.82) is 0 Å². The first-order chi connectivity index (χ1) is 11.2. The van der Waals surface area contributed by atoms with Gasteiger partial charge in [-0.15, -0.1) is 0 Å². The molecule has 0 saturated heterocycles. The van der Waals surface area contributed by atoms with Crippen molar-refractivity contribution in [2.45, 2.75) is 104 Å². The molecule has 23 heavy (non-hydrogen) atoms. The Labute approximate surface area is 156 Å². The van der Waals surface area contributed by atoms with Crippen LogP contribution in [-0.4, -0.2) is 36.5 Å². The third-order valence-corrected chi connectivity index (χ3v) is 5.75. The summed E-state index contributed by atoms with van der Waals surface area (Å²) in [4.78, 5) is 0. The molecule has 0 bridgehead atoms.